The van der Waals surface area contributed by atoms with Crippen molar-refractivity contribution in [1.82, 2.24) is 23.9 Å². The van der Waals surface area contributed by atoms with Gasteiger partial charge in [-0.2, -0.15) is 4.98 Å². The molecule has 3 aromatic heterocycles. The Kier molecular flexibility index (Phi) is 4.12. The normalized spacial score (nSPS) is 19.4. The summed E-state index contributed by atoms with van der Waals surface area (Å²) < 4.78 is 14.1. The second-order valence-corrected chi connectivity index (χ2v) is 7.08. The Labute approximate surface area is 164 Å². The largest absolute Gasteiger partial charge is 0.391 e. The lowest BCUT2D eigenvalue weighted by molar-refractivity contribution is -0.0980. The maximum atomic E-state index is 12.9. The number of hydrogen-bond acceptors (Lipinski definition) is 7. The molecule has 2 N–H and O–H groups in total. The van der Waals surface area contributed by atoms with E-state index < -0.39 is 12.5 Å². The van der Waals surface area contributed by atoms with Gasteiger partial charge in [0.1, 0.15) is 0 Å². The number of aromatic nitrogens is 5. The molecule has 5 rings (SSSR count). The molecule has 1 aliphatic heterocycles. The van der Waals surface area contributed by atoms with E-state index in [1.54, 1.807) is 10.8 Å². The van der Waals surface area contributed by atoms with Gasteiger partial charge in [-0.1, -0.05) is 12.1 Å². The van der Waals surface area contributed by atoms with Gasteiger partial charge in [-0.15, -0.1) is 0 Å². The minimum atomic E-state index is -0.690. The average molecular weight is 396 g/mol. The van der Waals surface area contributed by atoms with Crippen molar-refractivity contribution in [2.45, 2.75) is 12.5 Å². The van der Waals surface area contributed by atoms with Crippen LogP contribution in [0.15, 0.2) is 41.6 Å². The third kappa shape index (κ3) is 2.89. The first-order valence-corrected chi connectivity index (χ1v) is 9.19. The van der Waals surface area contributed by atoms with Crippen LogP contribution in [0.3, 0.4) is 0 Å². The van der Waals surface area contributed by atoms with E-state index in [1.807, 2.05) is 43.3 Å². The van der Waals surface area contributed by atoms with Gasteiger partial charge in [-0.3, -0.25) is 9.36 Å². The van der Waals surface area contributed by atoms with Crippen LogP contribution in [0, 0.1) is 0 Å². The van der Waals surface area contributed by atoms with Crippen LogP contribution in [0.2, 0.25) is 0 Å². The highest BCUT2D eigenvalue weighted by Gasteiger charge is 2.29. The van der Waals surface area contributed by atoms with Gasteiger partial charge in [0.15, 0.2) is 23.7 Å². The second kappa shape index (κ2) is 6.69. The number of aromatic amines is 1. The van der Waals surface area contributed by atoms with E-state index in [2.05, 4.69) is 15.0 Å². The number of benzene rings is 1. The van der Waals surface area contributed by atoms with E-state index in [-0.39, 0.29) is 24.3 Å². The summed E-state index contributed by atoms with van der Waals surface area (Å²) in [6.45, 7) is 0.00198. The summed E-state index contributed by atoms with van der Waals surface area (Å²) in [5.41, 5.74) is 3.18. The first kappa shape index (κ1) is 17.9. The standard InChI is InChI=1S/C19H20N6O4/c1-23(2)12-5-3-11(4-6-12)13-7-24-18(27)16-17(22-19(24)21-13)25(10-20-16)14-9-28-15(8-26)29-14/h3-7,10,14-15,26H,8-9H2,1-2H3,(H,21,22)/t14-,15-/m1/s1. The SMILES string of the molecule is CN(C)c1ccc(-c2cn3c(=O)c4ncn([C@H]5CO[C@@H](CO)O5)c4nc3[nH]2)cc1. The van der Waals surface area contributed by atoms with Crippen molar-refractivity contribution >= 4 is 22.6 Å². The molecule has 0 bridgehead atoms. The molecule has 29 heavy (non-hydrogen) atoms. The molecule has 1 aromatic carbocycles. The molecule has 150 valence electrons. The van der Waals surface area contributed by atoms with Gasteiger partial charge in [0.05, 0.1) is 25.2 Å². The van der Waals surface area contributed by atoms with Crippen LogP contribution in [-0.2, 0) is 9.47 Å². The number of nitrogens with one attached hydrogen (secondary N) is 1. The summed E-state index contributed by atoms with van der Waals surface area (Å²) in [7, 11) is 3.97. The van der Waals surface area contributed by atoms with Crippen molar-refractivity contribution in [1.29, 1.82) is 0 Å². The van der Waals surface area contributed by atoms with Crippen LogP contribution in [0.5, 0.6) is 0 Å². The summed E-state index contributed by atoms with van der Waals surface area (Å²) >= 11 is 0. The maximum Gasteiger partial charge on any atom is 0.287 e. The number of hydrogen-bond donors (Lipinski definition) is 2. The molecule has 4 heterocycles. The predicted molar refractivity (Wildman–Crippen MR) is 106 cm³/mol. The number of nitrogens with zero attached hydrogens (tertiary/aromatic N) is 5. The lowest BCUT2D eigenvalue weighted by Gasteiger charge is -2.12. The summed E-state index contributed by atoms with van der Waals surface area (Å²) in [4.78, 5) is 27.0. The highest BCUT2D eigenvalue weighted by atomic mass is 16.7. The summed E-state index contributed by atoms with van der Waals surface area (Å²) in [6.07, 6.45) is 2.04. The van der Waals surface area contributed by atoms with Crippen molar-refractivity contribution in [3.05, 3.63) is 47.1 Å². The summed E-state index contributed by atoms with van der Waals surface area (Å²) in [5, 5.41) is 9.19. The zero-order valence-electron chi connectivity index (χ0n) is 15.9. The Morgan fingerprint density at radius 1 is 1.31 bits per heavy atom. The van der Waals surface area contributed by atoms with Gasteiger partial charge in [0.2, 0.25) is 5.78 Å². The molecule has 0 saturated carbocycles. The number of imidazole rings is 2. The van der Waals surface area contributed by atoms with E-state index in [1.165, 1.54) is 10.7 Å². The molecule has 10 heteroatoms. The maximum absolute atomic E-state index is 12.9. The minimum Gasteiger partial charge on any atom is -0.391 e. The minimum absolute atomic E-state index is 0.240. The first-order chi connectivity index (χ1) is 14.0. The predicted octanol–water partition coefficient (Wildman–Crippen LogP) is 0.969. The molecule has 0 spiro atoms. The number of aliphatic hydroxyl groups is 1. The fourth-order valence-electron chi connectivity index (χ4n) is 3.45. The van der Waals surface area contributed by atoms with Gasteiger partial charge in [0, 0.05) is 26.0 Å². The Morgan fingerprint density at radius 2 is 2.10 bits per heavy atom. The van der Waals surface area contributed by atoms with Crippen molar-refractivity contribution in [2.24, 2.45) is 0 Å². The molecule has 0 unspecified atom stereocenters. The van der Waals surface area contributed by atoms with E-state index in [4.69, 9.17) is 9.47 Å². The number of H-pyrrole nitrogens is 1. The van der Waals surface area contributed by atoms with Crippen molar-refractivity contribution < 1.29 is 14.6 Å². The van der Waals surface area contributed by atoms with Crippen LogP contribution in [0.1, 0.15) is 6.23 Å². The Morgan fingerprint density at radius 3 is 2.79 bits per heavy atom. The Hall–Kier alpha value is -3.21. The van der Waals surface area contributed by atoms with Gasteiger partial charge in [-0.05, 0) is 17.7 Å². The van der Waals surface area contributed by atoms with Crippen molar-refractivity contribution in [2.75, 3.05) is 32.2 Å². The number of rotatable bonds is 4. The van der Waals surface area contributed by atoms with Gasteiger partial charge < -0.3 is 24.5 Å². The van der Waals surface area contributed by atoms with E-state index in [9.17, 15) is 9.90 Å². The van der Waals surface area contributed by atoms with E-state index in [0.717, 1.165) is 16.9 Å². The smallest absolute Gasteiger partial charge is 0.287 e. The Bertz CT molecular complexity index is 1240. The summed E-state index contributed by atoms with van der Waals surface area (Å²) in [6, 6.07) is 8.00. The molecule has 1 aliphatic rings. The fraction of sp³-hybridized carbons (Fsp3) is 0.316. The van der Waals surface area contributed by atoms with E-state index >= 15 is 0 Å². The molecule has 10 nitrogen and oxygen atoms in total. The zero-order chi connectivity index (χ0) is 20.1. The van der Waals surface area contributed by atoms with Crippen LogP contribution in [0.4, 0.5) is 5.69 Å². The van der Waals surface area contributed by atoms with Crippen LogP contribution < -0.4 is 10.5 Å². The molecular formula is C19H20N6O4. The van der Waals surface area contributed by atoms with Gasteiger partial charge in [0.25, 0.3) is 5.56 Å². The molecule has 2 atom stereocenters. The third-order valence-electron chi connectivity index (χ3n) is 5.02. The molecule has 1 fully saturated rings. The lowest BCUT2D eigenvalue weighted by Crippen LogP contribution is -2.17. The van der Waals surface area contributed by atoms with Crippen LogP contribution in [0.25, 0.3) is 28.2 Å². The number of anilines is 1. The molecule has 0 radical (unpaired) electrons. The fourth-order valence-corrected chi connectivity index (χ4v) is 3.45. The first-order valence-electron chi connectivity index (χ1n) is 9.19. The number of aliphatic hydroxyl groups excluding tert-OH is 1. The summed E-state index contributed by atoms with van der Waals surface area (Å²) in [5.74, 6) is 0.411. The monoisotopic (exact) mass is 396 g/mol. The average Bonchev–Trinajstić information content (AvgIpc) is 3.46. The highest BCUT2D eigenvalue weighted by Crippen LogP contribution is 2.25. The zero-order valence-corrected chi connectivity index (χ0v) is 15.9. The molecular weight excluding hydrogens is 376 g/mol. The van der Waals surface area contributed by atoms with Crippen LogP contribution >= 0.6 is 0 Å². The number of ether oxygens (including phenoxy) is 2. The molecule has 4 aromatic rings. The Balaban J connectivity index is 1.58. The van der Waals surface area contributed by atoms with Gasteiger partial charge in [-0.25, -0.2) is 9.38 Å². The quantitative estimate of drug-likeness (QED) is 0.529. The lowest BCUT2D eigenvalue weighted by atomic mass is 10.1. The molecule has 0 amide bonds. The third-order valence-corrected chi connectivity index (χ3v) is 5.02. The second-order valence-electron chi connectivity index (χ2n) is 7.08. The van der Waals surface area contributed by atoms with Gasteiger partial charge >= 0.3 is 0 Å². The topological polar surface area (TPSA) is 110 Å². The van der Waals surface area contributed by atoms with Crippen LogP contribution in [-0.4, -0.2) is 62.6 Å². The number of fused-ring (bicyclic) bond motifs is 2. The van der Waals surface area contributed by atoms with Crippen molar-refractivity contribution in [3.63, 3.8) is 0 Å². The molecule has 1 saturated heterocycles. The highest BCUT2D eigenvalue weighted by molar-refractivity contribution is 5.73. The van der Waals surface area contributed by atoms with E-state index in [0.29, 0.717) is 11.4 Å². The molecule has 0 aliphatic carbocycles. The van der Waals surface area contributed by atoms with Crippen molar-refractivity contribution in [3.8, 4) is 11.3 Å².